The third-order valence-electron chi connectivity index (χ3n) is 6.13. The molecule has 0 fully saturated rings. The molecule has 0 saturated carbocycles. The summed E-state index contributed by atoms with van der Waals surface area (Å²) in [6.45, 7) is 0.231. The zero-order valence-corrected chi connectivity index (χ0v) is 17.2. The van der Waals surface area contributed by atoms with Crippen LogP contribution in [0.1, 0.15) is 55.6 Å². The fourth-order valence-electron chi connectivity index (χ4n) is 4.73. The van der Waals surface area contributed by atoms with E-state index in [0.717, 1.165) is 48.3 Å². The summed E-state index contributed by atoms with van der Waals surface area (Å²) in [5.41, 5.74) is 2.84. The molecule has 31 heavy (non-hydrogen) atoms. The van der Waals surface area contributed by atoms with Crippen molar-refractivity contribution in [2.24, 2.45) is 0 Å². The van der Waals surface area contributed by atoms with Gasteiger partial charge in [0.15, 0.2) is 11.6 Å². The summed E-state index contributed by atoms with van der Waals surface area (Å²) in [6, 6.07) is 13.8. The lowest BCUT2D eigenvalue weighted by Crippen LogP contribution is -2.30. The van der Waals surface area contributed by atoms with Gasteiger partial charge in [-0.1, -0.05) is 24.3 Å². The summed E-state index contributed by atoms with van der Waals surface area (Å²) in [6.07, 6.45) is 3.95. The van der Waals surface area contributed by atoms with Crippen LogP contribution in [0, 0.1) is 5.82 Å². The first-order valence-electron chi connectivity index (χ1n) is 10.8. The van der Waals surface area contributed by atoms with Crippen LogP contribution in [0.15, 0.2) is 71.2 Å². The van der Waals surface area contributed by atoms with Crippen LogP contribution in [0.3, 0.4) is 0 Å². The lowest BCUT2D eigenvalue weighted by Gasteiger charge is -2.36. The maximum absolute atomic E-state index is 13.4. The van der Waals surface area contributed by atoms with Crippen molar-refractivity contribution in [2.45, 2.75) is 51.0 Å². The van der Waals surface area contributed by atoms with Crippen molar-refractivity contribution in [3.05, 3.63) is 88.1 Å². The molecule has 2 aliphatic carbocycles. The molecule has 0 amide bonds. The van der Waals surface area contributed by atoms with Crippen LogP contribution in [-0.2, 0) is 20.9 Å². The first-order chi connectivity index (χ1) is 15.1. The van der Waals surface area contributed by atoms with Crippen LogP contribution in [0.4, 0.5) is 4.39 Å². The van der Waals surface area contributed by atoms with Crippen molar-refractivity contribution < 1.29 is 23.5 Å². The van der Waals surface area contributed by atoms with Crippen LogP contribution in [-0.4, -0.2) is 11.6 Å². The lowest BCUT2D eigenvalue weighted by atomic mass is 9.73. The van der Waals surface area contributed by atoms with E-state index in [9.17, 15) is 14.0 Å². The molecule has 0 unspecified atom stereocenters. The maximum Gasteiger partial charge on any atom is 0.163 e. The zero-order valence-electron chi connectivity index (χ0n) is 17.2. The average Bonchev–Trinajstić information content (AvgIpc) is 2.77. The Hall–Kier alpha value is -3.21. The number of ether oxygens (including phenoxy) is 2. The molecule has 5 heteroatoms. The molecule has 3 aliphatic rings. The Balaban J connectivity index is 1.50. The smallest absolute Gasteiger partial charge is 0.163 e. The molecule has 2 aromatic carbocycles. The van der Waals surface area contributed by atoms with Gasteiger partial charge in [0.05, 0.1) is 0 Å². The number of halogens is 1. The van der Waals surface area contributed by atoms with Gasteiger partial charge in [0.25, 0.3) is 0 Å². The number of carbonyl (C=O) groups excluding carboxylic acids is 2. The van der Waals surface area contributed by atoms with Gasteiger partial charge in [-0.25, -0.2) is 4.39 Å². The van der Waals surface area contributed by atoms with E-state index in [4.69, 9.17) is 9.47 Å². The molecule has 0 bridgehead atoms. The number of benzene rings is 2. The Labute approximate surface area is 180 Å². The fourth-order valence-corrected chi connectivity index (χ4v) is 4.73. The quantitative estimate of drug-likeness (QED) is 0.655. The van der Waals surface area contributed by atoms with E-state index >= 15 is 0 Å². The van der Waals surface area contributed by atoms with Gasteiger partial charge in [0.1, 0.15) is 29.7 Å². The standard InChI is InChI=1S/C26H23FO4/c27-18-7-1-5-16(13-18)15-30-19-8-2-6-17(14-19)24-25-20(28)9-3-11-22(25)31-23-12-4-10-21(29)26(23)24/h1-2,5-8,13-14,24H,3-4,9-12,15H2. The second kappa shape index (κ2) is 8.14. The number of rotatable bonds is 4. The van der Waals surface area contributed by atoms with Crippen molar-refractivity contribution in [2.75, 3.05) is 0 Å². The molecule has 0 N–H and O–H groups in total. The first kappa shape index (κ1) is 19.7. The summed E-state index contributed by atoms with van der Waals surface area (Å²) < 4.78 is 25.4. The summed E-state index contributed by atoms with van der Waals surface area (Å²) in [4.78, 5) is 25.8. The lowest BCUT2D eigenvalue weighted by molar-refractivity contribution is -0.117. The van der Waals surface area contributed by atoms with Gasteiger partial charge in [-0.15, -0.1) is 0 Å². The van der Waals surface area contributed by atoms with Crippen molar-refractivity contribution >= 4 is 11.6 Å². The van der Waals surface area contributed by atoms with Crippen molar-refractivity contribution in [3.63, 3.8) is 0 Å². The summed E-state index contributed by atoms with van der Waals surface area (Å²) in [5.74, 6) is 1.47. The number of allylic oxidation sites excluding steroid dienone is 4. The molecule has 0 atom stereocenters. The van der Waals surface area contributed by atoms with E-state index in [1.165, 1.54) is 12.1 Å². The SMILES string of the molecule is O=C1CCCC2=C1C(c1cccc(OCc3cccc(F)c3)c1)C1=C(CCCC1=O)O2. The highest BCUT2D eigenvalue weighted by Crippen LogP contribution is 2.48. The predicted molar refractivity (Wildman–Crippen MR) is 113 cm³/mol. The molecule has 0 spiro atoms. The molecule has 0 saturated heterocycles. The van der Waals surface area contributed by atoms with Crippen LogP contribution in [0.25, 0.3) is 0 Å². The van der Waals surface area contributed by atoms with Crippen LogP contribution in [0.2, 0.25) is 0 Å². The number of Topliss-reactive ketones (excluding diaryl/α,β-unsaturated/α-hetero) is 2. The summed E-state index contributed by atoms with van der Waals surface area (Å²) in [7, 11) is 0. The minimum Gasteiger partial charge on any atom is -0.489 e. The van der Waals surface area contributed by atoms with Crippen molar-refractivity contribution in [1.29, 1.82) is 0 Å². The minimum atomic E-state index is -0.405. The molecule has 5 rings (SSSR count). The molecule has 1 heterocycles. The molecule has 2 aromatic rings. The van der Waals surface area contributed by atoms with E-state index < -0.39 is 5.92 Å². The van der Waals surface area contributed by atoms with Gasteiger partial charge >= 0.3 is 0 Å². The Morgan fingerprint density at radius 2 is 1.55 bits per heavy atom. The maximum atomic E-state index is 13.4. The fraction of sp³-hybridized carbons (Fsp3) is 0.308. The molecule has 1 aliphatic heterocycles. The zero-order chi connectivity index (χ0) is 21.4. The van der Waals surface area contributed by atoms with Gasteiger partial charge < -0.3 is 9.47 Å². The molecule has 4 nitrogen and oxygen atoms in total. The topological polar surface area (TPSA) is 52.6 Å². The van der Waals surface area contributed by atoms with Gasteiger partial charge in [0.2, 0.25) is 0 Å². The highest BCUT2D eigenvalue weighted by Gasteiger charge is 2.41. The van der Waals surface area contributed by atoms with Gasteiger partial charge in [0, 0.05) is 42.7 Å². The van der Waals surface area contributed by atoms with Gasteiger partial charge in [-0.2, -0.15) is 0 Å². The largest absolute Gasteiger partial charge is 0.489 e. The Bertz CT molecular complexity index is 1090. The summed E-state index contributed by atoms with van der Waals surface area (Å²) >= 11 is 0. The second-order valence-electron chi connectivity index (χ2n) is 8.25. The molecule has 0 aromatic heterocycles. The van der Waals surface area contributed by atoms with Crippen LogP contribution in [0.5, 0.6) is 5.75 Å². The predicted octanol–water partition coefficient (Wildman–Crippen LogP) is 5.53. The summed E-state index contributed by atoms with van der Waals surface area (Å²) in [5, 5.41) is 0. The third kappa shape index (κ3) is 3.80. The molecular weight excluding hydrogens is 395 g/mol. The molecular formula is C26H23FO4. The molecule has 158 valence electrons. The number of hydrogen-bond donors (Lipinski definition) is 0. The first-order valence-corrected chi connectivity index (χ1v) is 10.8. The van der Waals surface area contributed by atoms with E-state index in [-0.39, 0.29) is 24.0 Å². The van der Waals surface area contributed by atoms with Gasteiger partial charge in [-0.3, -0.25) is 9.59 Å². The van der Waals surface area contributed by atoms with E-state index in [2.05, 4.69) is 0 Å². The highest BCUT2D eigenvalue weighted by molar-refractivity contribution is 6.05. The van der Waals surface area contributed by atoms with E-state index in [0.29, 0.717) is 29.7 Å². The van der Waals surface area contributed by atoms with Gasteiger partial charge in [-0.05, 0) is 48.2 Å². The van der Waals surface area contributed by atoms with Crippen molar-refractivity contribution in [3.8, 4) is 5.75 Å². The number of hydrogen-bond acceptors (Lipinski definition) is 4. The Morgan fingerprint density at radius 1 is 0.871 bits per heavy atom. The number of carbonyl (C=O) groups is 2. The van der Waals surface area contributed by atoms with Crippen molar-refractivity contribution in [1.82, 2.24) is 0 Å². The molecule has 0 radical (unpaired) electrons. The third-order valence-corrected chi connectivity index (χ3v) is 6.13. The van der Waals surface area contributed by atoms with E-state index in [1.807, 2.05) is 24.3 Å². The second-order valence-corrected chi connectivity index (χ2v) is 8.25. The number of ketones is 2. The highest BCUT2D eigenvalue weighted by atomic mass is 19.1. The monoisotopic (exact) mass is 418 g/mol. The average molecular weight is 418 g/mol. The Kier molecular flexibility index (Phi) is 5.18. The van der Waals surface area contributed by atoms with Crippen LogP contribution < -0.4 is 4.74 Å². The minimum absolute atomic E-state index is 0.0576. The van der Waals surface area contributed by atoms with Crippen LogP contribution >= 0.6 is 0 Å². The van der Waals surface area contributed by atoms with E-state index in [1.54, 1.807) is 12.1 Å². The normalized spacial score (nSPS) is 19.1. The Morgan fingerprint density at radius 3 is 2.23 bits per heavy atom.